The van der Waals surface area contributed by atoms with Crippen molar-refractivity contribution < 1.29 is 29.7 Å². The smallest absolute Gasteiger partial charge is 0.335 e. The monoisotopic (exact) mass is 527 g/mol. The zero-order valence-corrected chi connectivity index (χ0v) is 20.9. The molecule has 0 radical (unpaired) electrons. The quantitative estimate of drug-likeness (QED) is 0.211. The van der Waals surface area contributed by atoms with Crippen LogP contribution in [-0.4, -0.2) is 37.8 Å². The van der Waals surface area contributed by atoms with Gasteiger partial charge in [0.1, 0.15) is 0 Å². The minimum absolute atomic E-state index is 0.198. The fraction of sp³-hybridized carbons (Fsp3) is 0. The number of carboxylic acids is 3. The van der Waals surface area contributed by atoms with Gasteiger partial charge in [-0.15, -0.1) is 0 Å². The molecule has 7 heteroatoms. The molecule has 5 aromatic carbocycles. The molecule has 0 aliphatic carbocycles. The van der Waals surface area contributed by atoms with Gasteiger partial charge in [0.15, 0.2) is 0 Å². The van der Waals surface area contributed by atoms with Gasteiger partial charge in [-0.1, -0.05) is 36.4 Å². The Morgan fingerprint density at radius 3 is 1.10 bits per heavy atom. The summed E-state index contributed by atoms with van der Waals surface area (Å²) in [5.74, 6) is -2.96. The summed E-state index contributed by atoms with van der Waals surface area (Å²) in [6.45, 7) is 0. The van der Waals surface area contributed by atoms with E-state index in [1.54, 1.807) is 72.8 Å². The van der Waals surface area contributed by atoms with E-state index >= 15 is 0 Å². The number of fused-ring (bicyclic) bond motifs is 3. The van der Waals surface area contributed by atoms with E-state index in [0.717, 1.165) is 49.7 Å². The van der Waals surface area contributed by atoms with E-state index in [1.807, 2.05) is 24.3 Å². The topological polar surface area (TPSA) is 117 Å². The molecule has 0 aliphatic rings. The van der Waals surface area contributed by atoms with Crippen LogP contribution >= 0.6 is 0 Å². The predicted molar refractivity (Wildman–Crippen MR) is 153 cm³/mol. The van der Waals surface area contributed by atoms with E-state index < -0.39 is 17.9 Å². The maximum Gasteiger partial charge on any atom is 0.335 e. The summed E-state index contributed by atoms with van der Waals surface area (Å²) < 4.78 is 2.07. The van der Waals surface area contributed by atoms with Crippen LogP contribution in [0, 0.1) is 0 Å². The van der Waals surface area contributed by atoms with Gasteiger partial charge in [0.25, 0.3) is 0 Å². The second kappa shape index (κ2) is 9.56. The Balaban J connectivity index is 1.56. The third kappa shape index (κ3) is 4.25. The summed E-state index contributed by atoms with van der Waals surface area (Å²) in [7, 11) is 0. The lowest BCUT2D eigenvalue weighted by Crippen LogP contribution is -1.98. The van der Waals surface area contributed by atoms with Crippen LogP contribution < -0.4 is 0 Å². The molecule has 0 spiro atoms. The Morgan fingerprint density at radius 2 is 0.750 bits per heavy atom. The van der Waals surface area contributed by atoms with Crippen molar-refractivity contribution in [3.05, 3.63) is 126 Å². The molecule has 3 N–H and O–H groups in total. The standard InChI is InChI=1S/C33H21NO6/c35-31(36)21-5-1-19(2-6-21)24-11-15-29-27(17-24)28-18-25(20-3-7-22(8-4-20)32(37)38)12-16-30(28)34(29)26-13-9-23(10-14-26)33(39)40/h1-18H,(H,35,36)(H,37,38)(H,39,40). The van der Waals surface area contributed by atoms with Gasteiger partial charge in [0, 0.05) is 16.5 Å². The van der Waals surface area contributed by atoms with Crippen molar-refractivity contribution in [2.45, 2.75) is 0 Å². The van der Waals surface area contributed by atoms with Gasteiger partial charge < -0.3 is 19.9 Å². The van der Waals surface area contributed by atoms with E-state index in [4.69, 9.17) is 0 Å². The van der Waals surface area contributed by atoms with Gasteiger partial charge in [0.05, 0.1) is 27.7 Å². The van der Waals surface area contributed by atoms with E-state index in [1.165, 1.54) is 0 Å². The first-order chi connectivity index (χ1) is 19.3. The van der Waals surface area contributed by atoms with Crippen molar-refractivity contribution in [2.24, 2.45) is 0 Å². The lowest BCUT2D eigenvalue weighted by atomic mass is 9.99. The van der Waals surface area contributed by atoms with Gasteiger partial charge in [-0.05, 0) is 95.1 Å². The van der Waals surface area contributed by atoms with E-state index in [-0.39, 0.29) is 16.7 Å². The molecular weight excluding hydrogens is 506 g/mol. The van der Waals surface area contributed by atoms with Crippen molar-refractivity contribution in [1.82, 2.24) is 4.57 Å². The minimum atomic E-state index is -0.995. The number of hydrogen-bond donors (Lipinski definition) is 3. The number of aromatic nitrogens is 1. The molecule has 0 atom stereocenters. The van der Waals surface area contributed by atoms with Crippen molar-refractivity contribution in [3.8, 4) is 27.9 Å². The van der Waals surface area contributed by atoms with Crippen LogP contribution in [-0.2, 0) is 0 Å². The molecule has 0 amide bonds. The number of carbonyl (C=O) groups is 3. The zero-order valence-electron chi connectivity index (χ0n) is 20.9. The minimum Gasteiger partial charge on any atom is -0.478 e. The summed E-state index contributed by atoms with van der Waals surface area (Å²) in [6.07, 6.45) is 0. The number of carboxylic acid groups (broad SMARTS) is 3. The van der Waals surface area contributed by atoms with Gasteiger partial charge >= 0.3 is 17.9 Å². The second-order valence-corrected chi connectivity index (χ2v) is 9.42. The fourth-order valence-corrected chi connectivity index (χ4v) is 5.02. The van der Waals surface area contributed by atoms with Crippen molar-refractivity contribution in [3.63, 3.8) is 0 Å². The number of aromatic carboxylic acids is 3. The molecule has 40 heavy (non-hydrogen) atoms. The highest BCUT2D eigenvalue weighted by Gasteiger charge is 2.16. The maximum atomic E-state index is 11.4. The molecule has 7 nitrogen and oxygen atoms in total. The number of nitrogens with zero attached hydrogens (tertiary/aromatic N) is 1. The maximum absolute atomic E-state index is 11.4. The zero-order chi connectivity index (χ0) is 28.0. The Labute approximate surface area is 227 Å². The lowest BCUT2D eigenvalue weighted by Gasteiger charge is -2.09. The molecule has 1 aromatic heterocycles. The van der Waals surface area contributed by atoms with Crippen LogP contribution in [0.2, 0.25) is 0 Å². The van der Waals surface area contributed by atoms with Crippen molar-refractivity contribution in [1.29, 1.82) is 0 Å². The molecule has 6 rings (SSSR count). The highest BCUT2D eigenvalue weighted by Crippen LogP contribution is 2.37. The first-order valence-electron chi connectivity index (χ1n) is 12.4. The molecule has 0 fully saturated rings. The van der Waals surface area contributed by atoms with Crippen LogP contribution in [0.3, 0.4) is 0 Å². The molecule has 0 unspecified atom stereocenters. The largest absolute Gasteiger partial charge is 0.478 e. The van der Waals surface area contributed by atoms with Crippen molar-refractivity contribution in [2.75, 3.05) is 0 Å². The van der Waals surface area contributed by atoms with Gasteiger partial charge in [-0.2, -0.15) is 0 Å². The van der Waals surface area contributed by atoms with E-state index in [2.05, 4.69) is 16.7 Å². The molecular formula is C33H21NO6. The van der Waals surface area contributed by atoms with Crippen LogP contribution in [0.25, 0.3) is 49.7 Å². The van der Waals surface area contributed by atoms with Crippen LogP contribution in [0.4, 0.5) is 0 Å². The molecule has 0 bridgehead atoms. The summed E-state index contributed by atoms with van der Waals surface area (Å²) >= 11 is 0. The van der Waals surface area contributed by atoms with Gasteiger partial charge in [-0.25, -0.2) is 14.4 Å². The number of rotatable bonds is 6. The Hall–Kier alpha value is -5.69. The molecule has 0 saturated heterocycles. The van der Waals surface area contributed by atoms with Gasteiger partial charge in [-0.3, -0.25) is 0 Å². The Kier molecular flexibility index (Phi) is 5.89. The summed E-state index contributed by atoms with van der Waals surface area (Å²) in [5.41, 5.74) is 6.85. The van der Waals surface area contributed by atoms with Crippen LogP contribution in [0.5, 0.6) is 0 Å². The van der Waals surface area contributed by atoms with Gasteiger partial charge in [0.2, 0.25) is 0 Å². The Morgan fingerprint density at radius 1 is 0.425 bits per heavy atom. The highest BCUT2D eigenvalue weighted by molar-refractivity contribution is 6.11. The average molecular weight is 528 g/mol. The first kappa shape index (κ1) is 24.6. The van der Waals surface area contributed by atoms with E-state index in [0.29, 0.717) is 0 Å². The third-order valence-electron chi connectivity index (χ3n) is 7.07. The van der Waals surface area contributed by atoms with E-state index in [9.17, 15) is 29.7 Å². The predicted octanol–water partition coefficient (Wildman–Crippen LogP) is 7.21. The molecule has 6 aromatic rings. The average Bonchev–Trinajstić information content (AvgIpc) is 3.30. The first-order valence-corrected chi connectivity index (χ1v) is 12.4. The second-order valence-electron chi connectivity index (χ2n) is 9.42. The molecule has 194 valence electrons. The number of benzene rings is 5. The molecule has 0 saturated carbocycles. The summed E-state index contributed by atoms with van der Waals surface area (Å²) in [6, 6.07) is 32.2. The summed E-state index contributed by atoms with van der Waals surface area (Å²) in [4.78, 5) is 34.0. The Bertz CT molecular complexity index is 1840. The van der Waals surface area contributed by atoms with Crippen LogP contribution in [0.15, 0.2) is 109 Å². The fourth-order valence-electron chi connectivity index (χ4n) is 5.02. The van der Waals surface area contributed by atoms with Crippen LogP contribution in [0.1, 0.15) is 31.1 Å². The SMILES string of the molecule is O=C(O)c1ccc(-c2ccc3c(c2)c2cc(-c4ccc(C(=O)O)cc4)ccc2n3-c2ccc(C(=O)O)cc2)cc1. The normalized spacial score (nSPS) is 11.1. The van der Waals surface area contributed by atoms with Crippen molar-refractivity contribution >= 4 is 39.7 Å². The molecule has 1 heterocycles. The lowest BCUT2D eigenvalue weighted by molar-refractivity contribution is 0.0686. The highest BCUT2D eigenvalue weighted by atomic mass is 16.4. The molecule has 0 aliphatic heterocycles. The number of hydrogen-bond acceptors (Lipinski definition) is 3. The third-order valence-corrected chi connectivity index (χ3v) is 7.07. The summed E-state index contributed by atoms with van der Waals surface area (Å²) in [5, 5.41) is 29.8.